The fourth-order valence-corrected chi connectivity index (χ4v) is 0.649. The molecule has 0 bridgehead atoms. The second-order valence-electron chi connectivity index (χ2n) is 3.23. The summed E-state index contributed by atoms with van der Waals surface area (Å²) in [6, 6.07) is 0. The van der Waals surface area contributed by atoms with Gasteiger partial charge in [-0.1, -0.05) is 33.6 Å². The van der Waals surface area contributed by atoms with Gasteiger partial charge in [-0.25, -0.2) is 0 Å². The maximum Gasteiger partial charge on any atom is 0.0491 e. The molecule has 0 heterocycles. The highest BCUT2D eigenvalue weighted by Gasteiger charge is 1.96. The molecular formula is C12H24O. The molecule has 0 saturated heterocycles. The van der Waals surface area contributed by atoms with E-state index in [0.29, 0.717) is 0 Å². The lowest BCUT2D eigenvalue weighted by molar-refractivity contribution is 0.101. The monoisotopic (exact) mass is 184 g/mol. The summed E-state index contributed by atoms with van der Waals surface area (Å²) in [5.74, 6) is 2.98. The van der Waals surface area contributed by atoms with Gasteiger partial charge in [0.25, 0.3) is 0 Å². The van der Waals surface area contributed by atoms with Crippen LogP contribution in [-0.2, 0) is 4.74 Å². The third-order valence-electron chi connectivity index (χ3n) is 1.74. The second-order valence-corrected chi connectivity index (χ2v) is 3.23. The van der Waals surface area contributed by atoms with Crippen LogP contribution in [0.2, 0.25) is 0 Å². The Morgan fingerprint density at radius 1 is 1.38 bits per heavy atom. The van der Waals surface area contributed by atoms with Gasteiger partial charge >= 0.3 is 0 Å². The summed E-state index contributed by atoms with van der Waals surface area (Å²) in [5.41, 5.74) is 0. The van der Waals surface area contributed by atoms with Gasteiger partial charge in [0, 0.05) is 13.2 Å². The zero-order valence-corrected chi connectivity index (χ0v) is 9.60. The first kappa shape index (κ1) is 15.0. The Bertz CT molecular complexity index is 113. The van der Waals surface area contributed by atoms with Gasteiger partial charge in [-0.3, -0.25) is 0 Å². The number of ether oxygens (including phenoxy) is 1. The van der Waals surface area contributed by atoms with Crippen molar-refractivity contribution in [3.05, 3.63) is 0 Å². The number of unbranched alkanes of at least 4 members (excludes halogenated alkanes) is 1. The predicted octanol–water partition coefficient (Wildman–Crippen LogP) is 3.49. The van der Waals surface area contributed by atoms with E-state index in [2.05, 4.69) is 33.1 Å². The van der Waals surface area contributed by atoms with Gasteiger partial charge in [0.1, 0.15) is 0 Å². The molecule has 0 unspecified atom stereocenters. The maximum atomic E-state index is 5.43. The quantitative estimate of drug-likeness (QED) is 0.453. The van der Waals surface area contributed by atoms with E-state index in [1.807, 2.05) is 0 Å². The number of terminal acetylenes is 1. The van der Waals surface area contributed by atoms with Crippen LogP contribution in [0, 0.1) is 18.3 Å². The Morgan fingerprint density at radius 2 is 1.92 bits per heavy atom. The van der Waals surface area contributed by atoms with E-state index >= 15 is 0 Å². The molecule has 0 rings (SSSR count). The van der Waals surface area contributed by atoms with Crippen LogP contribution in [0.3, 0.4) is 0 Å². The van der Waals surface area contributed by atoms with Crippen LogP contribution in [0.25, 0.3) is 0 Å². The first-order valence-corrected chi connectivity index (χ1v) is 5.17. The lowest BCUT2D eigenvalue weighted by Crippen LogP contribution is -2.05. The van der Waals surface area contributed by atoms with Crippen molar-refractivity contribution in [3.8, 4) is 12.3 Å². The smallest absolute Gasteiger partial charge is 0.0491 e. The van der Waals surface area contributed by atoms with E-state index in [1.165, 1.54) is 19.3 Å². The number of hydrogen-bond donors (Lipinski definition) is 0. The summed E-state index contributed by atoms with van der Waals surface area (Å²) >= 11 is 0. The molecule has 78 valence electrons. The molecule has 0 spiro atoms. The summed E-state index contributed by atoms with van der Waals surface area (Å²) in [5, 5.41) is 0. The summed E-state index contributed by atoms with van der Waals surface area (Å²) in [6.45, 7) is 10.2. The molecule has 0 aromatic carbocycles. The Hall–Kier alpha value is -0.480. The standard InChI is InChI=1S/C9H20O.C3H4/c1-4-6-7-10-8-9(3)5-2;1-3-2/h9H,4-8H2,1-3H3;1H,2H3/t9-;/m0./s1. The van der Waals surface area contributed by atoms with E-state index in [9.17, 15) is 0 Å². The SMILES string of the molecule is C#CC.CCCCOC[C@@H](C)CC. The van der Waals surface area contributed by atoms with Crippen molar-refractivity contribution < 1.29 is 4.74 Å². The van der Waals surface area contributed by atoms with Crippen LogP contribution in [0.1, 0.15) is 47.0 Å². The summed E-state index contributed by atoms with van der Waals surface area (Å²) in [6.07, 6.45) is 8.27. The van der Waals surface area contributed by atoms with Crippen molar-refractivity contribution >= 4 is 0 Å². The Kier molecular flexibility index (Phi) is 16.2. The highest BCUT2D eigenvalue weighted by atomic mass is 16.5. The normalized spacial score (nSPS) is 11.0. The molecule has 1 atom stereocenters. The van der Waals surface area contributed by atoms with Crippen molar-refractivity contribution in [3.63, 3.8) is 0 Å². The fourth-order valence-electron chi connectivity index (χ4n) is 0.649. The molecule has 0 aromatic rings. The van der Waals surface area contributed by atoms with Crippen LogP contribution in [0.15, 0.2) is 0 Å². The van der Waals surface area contributed by atoms with Crippen molar-refractivity contribution in [2.75, 3.05) is 13.2 Å². The Labute approximate surface area is 83.9 Å². The first-order chi connectivity index (χ1) is 6.22. The topological polar surface area (TPSA) is 9.23 Å². The molecule has 13 heavy (non-hydrogen) atoms. The van der Waals surface area contributed by atoms with Gasteiger partial charge in [-0.2, -0.15) is 0 Å². The van der Waals surface area contributed by atoms with Crippen LogP contribution in [0.5, 0.6) is 0 Å². The lowest BCUT2D eigenvalue weighted by Gasteiger charge is -2.07. The van der Waals surface area contributed by atoms with Crippen LogP contribution < -0.4 is 0 Å². The van der Waals surface area contributed by atoms with Gasteiger partial charge in [-0.15, -0.1) is 12.3 Å². The van der Waals surface area contributed by atoms with Crippen LogP contribution >= 0.6 is 0 Å². The van der Waals surface area contributed by atoms with E-state index in [1.54, 1.807) is 6.92 Å². The van der Waals surface area contributed by atoms with Crippen molar-refractivity contribution in [2.24, 2.45) is 5.92 Å². The number of rotatable bonds is 6. The van der Waals surface area contributed by atoms with Gasteiger partial charge in [0.15, 0.2) is 0 Å². The third-order valence-corrected chi connectivity index (χ3v) is 1.74. The van der Waals surface area contributed by atoms with Crippen molar-refractivity contribution in [2.45, 2.75) is 47.0 Å². The molecule has 0 aliphatic carbocycles. The van der Waals surface area contributed by atoms with Crippen molar-refractivity contribution in [1.29, 1.82) is 0 Å². The van der Waals surface area contributed by atoms with Gasteiger partial charge < -0.3 is 4.74 Å². The summed E-state index contributed by atoms with van der Waals surface area (Å²) in [4.78, 5) is 0. The molecule has 0 aliphatic heterocycles. The molecule has 0 fully saturated rings. The van der Waals surface area contributed by atoms with Crippen molar-refractivity contribution in [1.82, 2.24) is 0 Å². The summed E-state index contributed by atoms with van der Waals surface area (Å²) in [7, 11) is 0. The number of hydrogen-bond acceptors (Lipinski definition) is 1. The fraction of sp³-hybridized carbons (Fsp3) is 0.833. The molecule has 0 amide bonds. The highest BCUT2D eigenvalue weighted by molar-refractivity contribution is 4.73. The van der Waals surface area contributed by atoms with E-state index in [4.69, 9.17) is 4.74 Å². The first-order valence-electron chi connectivity index (χ1n) is 5.17. The minimum Gasteiger partial charge on any atom is -0.381 e. The highest BCUT2D eigenvalue weighted by Crippen LogP contribution is 2.00. The zero-order chi connectivity index (χ0) is 10.5. The van der Waals surface area contributed by atoms with E-state index in [0.717, 1.165) is 19.1 Å². The minimum atomic E-state index is 0.733. The van der Waals surface area contributed by atoms with Gasteiger partial charge in [-0.05, 0) is 19.3 Å². The average molecular weight is 184 g/mol. The molecule has 1 heteroatoms. The lowest BCUT2D eigenvalue weighted by atomic mass is 10.1. The molecule has 0 saturated carbocycles. The second kappa shape index (κ2) is 14.1. The van der Waals surface area contributed by atoms with Gasteiger partial charge in [0.2, 0.25) is 0 Å². The Morgan fingerprint density at radius 3 is 2.31 bits per heavy atom. The maximum absolute atomic E-state index is 5.43. The molecular weight excluding hydrogens is 160 g/mol. The van der Waals surface area contributed by atoms with E-state index < -0.39 is 0 Å². The zero-order valence-electron chi connectivity index (χ0n) is 9.60. The van der Waals surface area contributed by atoms with Crippen LogP contribution in [0.4, 0.5) is 0 Å². The molecule has 0 N–H and O–H groups in total. The molecule has 1 nitrogen and oxygen atoms in total. The molecule has 0 aromatic heterocycles. The minimum absolute atomic E-state index is 0.733. The molecule has 0 aliphatic rings. The Balaban J connectivity index is 0. The van der Waals surface area contributed by atoms with Gasteiger partial charge in [0.05, 0.1) is 0 Å². The largest absolute Gasteiger partial charge is 0.381 e. The van der Waals surface area contributed by atoms with E-state index in [-0.39, 0.29) is 0 Å². The average Bonchev–Trinajstić information content (AvgIpc) is 2.13. The molecule has 0 radical (unpaired) electrons. The van der Waals surface area contributed by atoms with Crippen LogP contribution in [-0.4, -0.2) is 13.2 Å². The summed E-state index contributed by atoms with van der Waals surface area (Å²) < 4.78 is 5.43. The predicted molar refractivity (Wildman–Crippen MR) is 59.7 cm³/mol. The third kappa shape index (κ3) is 18.5.